The Bertz CT molecular complexity index is 558. The number of fused-ring (bicyclic) bond motifs is 1. The molecule has 1 aromatic heterocycles. The molecule has 0 saturated carbocycles. The van der Waals surface area contributed by atoms with Gasteiger partial charge in [-0.3, -0.25) is 0 Å². The summed E-state index contributed by atoms with van der Waals surface area (Å²) in [5, 5.41) is 6.12. The van der Waals surface area contributed by atoms with E-state index >= 15 is 0 Å². The Morgan fingerprint density at radius 2 is 2.17 bits per heavy atom. The van der Waals surface area contributed by atoms with Crippen LogP contribution in [-0.4, -0.2) is 47.1 Å². The first-order chi connectivity index (χ1) is 8.83. The van der Waals surface area contributed by atoms with Crippen molar-refractivity contribution in [1.82, 2.24) is 20.2 Å². The van der Waals surface area contributed by atoms with Crippen LogP contribution in [0.4, 0.5) is 10.5 Å². The number of nitrogens with one attached hydrogen (secondary N) is 3. The number of benzene rings is 1. The van der Waals surface area contributed by atoms with E-state index in [1.165, 1.54) is 0 Å². The summed E-state index contributed by atoms with van der Waals surface area (Å²) >= 11 is 0. The fraction of sp³-hybridized carbons (Fsp3) is 0.333. The lowest BCUT2D eigenvalue weighted by atomic mass is 10.3. The van der Waals surface area contributed by atoms with E-state index in [-0.39, 0.29) is 6.03 Å². The first-order valence-corrected chi connectivity index (χ1v) is 6.03. The van der Waals surface area contributed by atoms with Gasteiger partial charge in [-0.1, -0.05) is 0 Å². The van der Waals surface area contributed by atoms with Crippen LogP contribution in [0.15, 0.2) is 24.5 Å². The van der Waals surface area contributed by atoms with Gasteiger partial charge in [0.05, 0.1) is 17.4 Å². The number of nitrogens with zero attached hydrogens (tertiary/aromatic N) is 2. The van der Waals surface area contributed by atoms with Gasteiger partial charge in [0.1, 0.15) is 0 Å². The summed E-state index contributed by atoms with van der Waals surface area (Å²) in [6.45, 7) is 3.20. The average molecular weight is 245 g/mol. The first kappa shape index (κ1) is 11.0. The smallest absolute Gasteiger partial charge is 0.321 e. The van der Waals surface area contributed by atoms with Crippen LogP contribution in [0, 0.1) is 0 Å². The molecule has 3 rings (SSSR count). The lowest BCUT2D eigenvalue weighted by molar-refractivity contribution is 0.204. The lowest BCUT2D eigenvalue weighted by Gasteiger charge is -2.27. The van der Waals surface area contributed by atoms with Crippen molar-refractivity contribution in [2.45, 2.75) is 0 Å². The van der Waals surface area contributed by atoms with Crippen molar-refractivity contribution < 1.29 is 4.79 Å². The van der Waals surface area contributed by atoms with E-state index in [2.05, 4.69) is 20.6 Å². The molecule has 18 heavy (non-hydrogen) atoms. The van der Waals surface area contributed by atoms with Gasteiger partial charge in [0.2, 0.25) is 0 Å². The normalized spacial score (nSPS) is 15.9. The van der Waals surface area contributed by atoms with Gasteiger partial charge >= 0.3 is 6.03 Å². The number of rotatable bonds is 1. The molecule has 1 aliphatic heterocycles. The molecule has 0 spiro atoms. The van der Waals surface area contributed by atoms with Gasteiger partial charge in [-0.05, 0) is 18.2 Å². The van der Waals surface area contributed by atoms with Crippen molar-refractivity contribution in [3.05, 3.63) is 24.5 Å². The number of amides is 2. The molecule has 3 N–H and O–H groups in total. The van der Waals surface area contributed by atoms with Gasteiger partial charge in [0.15, 0.2) is 0 Å². The molecule has 0 radical (unpaired) electrons. The van der Waals surface area contributed by atoms with Crippen LogP contribution in [0.2, 0.25) is 0 Å². The van der Waals surface area contributed by atoms with E-state index < -0.39 is 0 Å². The molecule has 1 saturated heterocycles. The van der Waals surface area contributed by atoms with Gasteiger partial charge in [-0.2, -0.15) is 0 Å². The fourth-order valence-corrected chi connectivity index (χ4v) is 2.08. The van der Waals surface area contributed by atoms with Gasteiger partial charge in [-0.25, -0.2) is 9.78 Å². The second-order valence-corrected chi connectivity index (χ2v) is 4.30. The zero-order valence-corrected chi connectivity index (χ0v) is 9.94. The van der Waals surface area contributed by atoms with Crippen molar-refractivity contribution in [1.29, 1.82) is 0 Å². The maximum absolute atomic E-state index is 12.0. The summed E-state index contributed by atoms with van der Waals surface area (Å²) in [5.74, 6) is 0. The van der Waals surface area contributed by atoms with Crippen LogP contribution >= 0.6 is 0 Å². The van der Waals surface area contributed by atoms with Crippen molar-refractivity contribution in [3.63, 3.8) is 0 Å². The second-order valence-electron chi connectivity index (χ2n) is 4.30. The molecule has 0 unspecified atom stereocenters. The largest absolute Gasteiger partial charge is 0.345 e. The Labute approximate surface area is 104 Å². The van der Waals surface area contributed by atoms with Crippen molar-refractivity contribution in [2.75, 3.05) is 31.5 Å². The molecular formula is C12H15N5O. The Morgan fingerprint density at radius 1 is 1.33 bits per heavy atom. The predicted octanol–water partition coefficient (Wildman–Crippen LogP) is 1.000. The number of carbonyl (C=O) groups is 1. The van der Waals surface area contributed by atoms with Crippen molar-refractivity contribution in [3.8, 4) is 0 Å². The highest BCUT2D eigenvalue weighted by atomic mass is 16.2. The molecule has 0 bridgehead atoms. The Morgan fingerprint density at radius 3 is 3.00 bits per heavy atom. The first-order valence-electron chi connectivity index (χ1n) is 6.03. The van der Waals surface area contributed by atoms with E-state index in [0.717, 1.165) is 42.9 Å². The van der Waals surface area contributed by atoms with Crippen LogP contribution in [0.1, 0.15) is 0 Å². The fourth-order valence-electron chi connectivity index (χ4n) is 2.08. The highest BCUT2D eigenvalue weighted by Crippen LogP contribution is 2.16. The van der Waals surface area contributed by atoms with E-state index in [0.29, 0.717) is 0 Å². The molecule has 1 aromatic carbocycles. The maximum atomic E-state index is 12.0. The molecule has 6 heteroatoms. The summed E-state index contributed by atoms with van der Waals surface area (Å²) in [5.41, 5.74) is 2.61. The third kappa shape index (κ3) is 2.14. The van der Waals surface area contributed by atoms with E-state index in [1.807, 2.05) is 23.1 Å². The van der Waals surface area contributed by atoms with E-state index in [1.54, 1.807) is 6.33 Å². The molecule has 2 heterocycles. The highest BCUT2D eigenvalue weighted by molar-refractivity contribution is 5.91. The molecule has 1 fully saturated rings. The van der Waals surface area contributed by atoms with E-state index in [9.17, 15) is 4.79 Å². The topological polar surface area (TPSA) is 73.0 Å². The van der Waals surface area contributed by atoms with Crippen molar-refractivity contribution in [2.24, 2.45) is 0 Å². The monoisotopic (exact) mass is 245 g/mol. The lowest BCUT2D eigenvalue weighted by Crippen LogP contribution is -2.48. The number of aromatic nitrogens is 2. The van der Waals surface area contributed by atoms with Crippen LogP contribution in [-0.2, 0) is 0 Å². The maximum Gasteiger partial charge on any atom is 0.321 e. The Balaban J connectivity index is 1.72. The molecular weight excluding hydrogens is 230 g/mol. The number of aromatic amines is 1. The Kier molecular flexibility index (Phi) is 2.85. The quantitative estimate of drug-likeness (QED) is 0.701. The van der Waals surface area contributed by atoms with Crippen LogP contribution in [0.25, 0.3) is 11.0 Å². The molecule has 2 amide bonds. The van der Waals surface area contributed by atoms with Gasteiger partial charge < -0.3 is 20.5 Å². The van der Waals surface area contributed by atoms with Gasteiger partial charge in [0, 0.05) is 31.9 Å². The molecule has 1 aliphatic rings. The SMILES string of the molecule is O=C(Nc1ccc2nc[nH]c2c1)N1CCNCC1. The Hall–Kier alpha value is -2.08. The minimum atomic E-state index is -0.0460. The summed E-state index contributed by atoms with van der Waals surface area (Å²) in [7, 11) is 0. The standard InChI is InChI=1S/C12H15N5O/c18-12(17-5-3-13-4-6-17)16-9-1-2-10-11(7-9)15-8-14-10/h1-2,7-8,13H,3-6H2,(H,14,15)(H,16,18). The minimum absolute atomic E-state index is 0.0460. The number of hydrogen-bond acceptors (Lipinski definition) is 3. The number of hydrogen-bond donors (Lipinski definition) is 3. The number of imidazole rings is 1. The molecule has 94 valence electrons. The minimum Gasteiger partial charge on any atom is -0.345 e. The van der Waals surface area contributed by atoms with Crippen LogP contribution < -0.4 is 10.6 Å². The molecule has 0 aliphatic carbocycles. The van der Waals surface area contributed by atoms with Gasteiger partial charge in [0.25, 0.3) is 0 Å². The summed E-state index contributed by atoms with van der Waals surface area (Å²) in [6.07, 6.45) is 1.65. The number of carbonyl (C=O) groups excluding carboxylic acids is 1. The zero-order chi connectivity index (χ0) is 12.4. The van der Waals surface area contributed by atoms with E-state index in [4.69, 9.17) is 0 Å². The second kappa shape index (κ2) is 4.66. The number of H-pyrrole nitrogens is 1. The summed E-state index contributed by atoms with van der Waals surface area (Å²) < 4.78 is 0. The number of urea groups is 1. The van der Waals surface area contributed by atoms with Crippen LogP contribution in [0.5, 0.6) is 0 Å². The summed E-state index contributed by atoms with van der Waals surface area (Å²) in [6, 6.07) is 5.60. The summed E-state index contributed by atoms with van der Waals surface area (Å²) in [4.78, 5) is 21.0. The molecule has 0 atom stereocenters. The zero-order valence-electron chi connectivity index (χ0n) is 9.94. The highest BCUT2D eigenvalue weighted by Gasteiger charge is 2.15. The number of anilines is 1. The third-order valence-corrected chi connectivity index (χ3v) is 3.08. The van der Waals surface area contributed by atoms with Crippen LogP contribution in [0.3, 0.4) is 0 Å². The number of piperazine rings is 1. The molecule has 6 nitrogen and oxygen atoms in total. The average Bonchev–Trinajstić information content (AvgIpc) is 2.87. The van der Waals surface area contributed by atoms with Crippen molar-refractivity contribution >= 4 is 22.8 Å². The molecule has 2 aromatic rings. The predicted molar refractivity (Wildman–Crippen MR) is 69.6 cm³/mol. The third-order valence-electron chi connectivity index (χ3n) is 3.08. The van der Waals surface area contributed by atoms with Gasteiger partial charge in [-0.15, -0.1) is 0 Å².